The number of benzene rings is 2. The van der Waals surface area contributed by atoms with Crippen molar-refractivity contribution in [1.82, 2.24) is 9.97 Å². The number of hydrogen-bond donors (Lipinski definition) is 2. The molecule has 0 aliphatic carbocycles. The molecule has 6 heteroatoms. The molecule has 2 aromatic carbocycles. The first-order valence-electron chi connectivity index (χ1n) is 10.3. The Kier molecular flexibility index (Phi) is 5.37. The second kappa shape index (κ2) is 7.59. The zero-order valence-electron chi connectivity index (χ0n) is 18.4. The molecule has 1 aliphatic heterocycles. The van der Waals surface area contributed by atoms with Crippen LogP contribution in [-0.4, -0.2) is 28.3 Å². The zero-order chi connectivity index (χ0) is 21.7. The van der Waals surface area contributed by atoms with Gasteiger partial charge in [0.05, 0.1) is 11.2 Å². The van der Waals surface area contributed by atoms with E-state index < -0.39 is 0 Å². The number of halogens is 1. The summed E-state index contributed by atoms with van der Waals surface area (Å²) in [6, 6.07) is 16.6. The first-order valence-corrected chi connectivity index (χ1v) is 11.0. The molecule has 0 radical (unpaired) electrons. The van der Waals surface area contributed by atoms with Crippen LogP contribution in [0.2, 0.25) is 0 Å². The van der Waals surface area contributed by atoms with Crippen LogP contribution in [0.1, 0.15) is 39.1 Å². The Labute approximate surface area is 186 Å². The van der Waals surface area contributed by atoms with Gasteiger partial charge in [0.2, 0.25) is 0 Å². The quantitative estimate of drug-likeness (QED) is 0.337. The molecule has 4 aromatic rings. The normalized spacial score (nSPS) is 17.4. The van der Waals surface area contributed by atoms with E-state index in [0.717, 1.165) is 21.1 Å². The summed E-state index contributed by atoms with van der Waals surface area (Å²) in [5.41, 5.74) is 5.17. The summed E-state index contributed by atoms with van der Waals surface area (Å²) in [4.78, 5) is 6.62. The lowest BCUT2D eigenvalue weighted by molar-refractivity contribution is 0.00578. The molecule has 1 saturated heterocycles. The van der Waals surface area contributed by atoms with Crippen LogP contribution >= 0.6 is 15.9 Å². The molecule has 5 rings (SSSR count). The largest absolute Gasteiger partial charge is 0.495 e. The van der Waals surface area contributed by atoms with Gasteiger partial charge in [-0.25, -0.2) is 0 Å². The molecule has 3 heterocycles. The topological polar surface area (TPSA) is 50.0 Å². The molecular weight excluding hydrogens is 439 g/mol. The Balaban J connectivity index is 0.000000168. The standard InChI is InChI=1S/C15H20BNO2.C9H8BrN/c1-10-9-11-12(7-6-8-13(11)17-10)16-18-14(2,3)15(4,5)19-16;1-6-5-7-8(10)3-2-4-9(7)11-6/h6-9,17H,1-5H3;2-5,11H,1H3. The molecule has 156 valence electrons. The molecule has 0 unspecified atom stereocenters. The number of aryl methyl sites for hydroxylation is 2. The van der Waals surface area contributed by atoms with Crippen molar-refractivity contribution in [2.24, 2.45) is 0 Å². The van der Waals surface area contributed by atoms with Crippen molar-refractivity contribution in [1.29, 1.82) is 0 Å². The first kappa shape index (κ1) is 21.2. The van der Waals surface area contributed by atoms with Crippen molar-refractivity contribution in [3.63, 3.8) is 0 Å². The van der Waals surface area contributed by atoms with Crippen LogP contribution in [0.3, 0.4) is 0 Å². The Morgan fingerprint density at radius 2 is 1.27 bits per heavy atom. The van der Waals surface area contributed by atoms with Gasteiger partial charge < -0.3 is 19.3 Å². The maximum absolute atomic E-state index is 6.13. The van der Waals surface area contributed by atoms with Crippen LogP contribution < -0.4 is 5.46 Å². The predicted molar refractivity (Wildman–Crippen MR) is 129 cm³/mol. The molecule has 1 fully saturated rings. The summed E-state index contributed by atoms with van der Waals surface area (Å²) >= 11 is 3.49. The van der Waals surface area contributed by atoms with Crippen molar-refractivity contribution in [2.45, 2.75) is 52.7 Å². The maximum Gasteiger partial charge on any atom is 0.495 e. The summed E-state index contributed by atoms with van der Waals surface area (Å²) in [5.74, 6) is 0. The highest BCUT2D eigenvalue weighted by atomic mass is 79.9. The van der Waals surface area contributed by atoms with E-state index in [4.69, 9.17) is 9.31 Å². The minimum atomic E-state index is -0.302. The average Bonchev–Trinajstić information content (AvgIpc) is 3.28. The highest BCUT2D eigenvalue weighted by Gasteiger charge is 2.52. The van der Waals surface area contributed by atoms with Crippen molar-refractivity contribution >= 4 is 50.3 Å². The Bertz CT molecular complexity index is 1190. The number of aromatic amines is 2. The third kappa shape index (κ3) is 3.84. The van der Waals surface area contributed by atoms with Crippen LogP contribution in [0.5, 0.6) is 0 Å². The second-order valence-corrected chi connectivity index (χ2v) is 9.86. The van der Waals surface area contributed by atoms with E-state index in [9.17, 15) is 0 Å². The van der Waals surface area contributed by atoms with E-state index >= 15 is 0 Å². The summed E-state index contributed by atoms with van der Waals surface area (Å²) in [5, 5.41) is 2.43. The van der Waals surface area contributed by atoms with E-state index in [1.165, 1.54) is 22.0 Å². The van der Waals surface area contributed by atoms with E-state index in [1.807, 2.05) is 12.1 Å². The summed E-state index contributed by atoms with van der Waals surface area (Å²) in [6.07, 6.45) is 0. The number of aromatic nitrogens is 2. The van der Waals surface area contributed by atoms with Crippen molar-refractivity contribution in [2.75, 3.05) is 0 Å². The molecule has 0 spiro atoms. The van der Waals surface area contributed by atoms with Gasteiger partial charge in [-0.2, -0.15) is 0 Å². The molecule has 1 aliphatic rings. The van der Waals surface area contributed by atoms with E-state index in [1.54, 1.807) is 0 Å². The Morgan fingerprint density at radius 1 is 0.767 bits per heavy atom. The van der Waals surface area contributed by atoms with Gasteiger partial charge in [-0.05, 0) is 82.7 Å². The van der Waals surface area contributed by atoms with Crippen molar-refractivity contribution < 1.29 is 9.31 Å². The first-order chi connectivity index (χ1) is 14.1. The number of hydrogen-bond acceptors (Lipinski definition) is 2. The van der Waals surface area contributed by atoms with Crippen LogP contribution in [0.15, 0.2) is 53.0 Å². The van der Waals surface area contributed by atoms with Crippen LogP contribution in [0.4, 0.5) is 0 Å². The van der Waals surface area contributed by atoms with Gasteiger partial charge in [0.25, 0.3) is 0 Å². The fourth-order valence-corrected chi connectivity index (χ4v) is 4.23. The van der Waals surface area contributed by atoms with Gasteiger partial charge in [-0.15, -0.1) is 0 Å². The molecule has 2 N–H and O–H groups in total. The lowest BCUT2D eigenvalue weighted by atomic mass is 9.77. The van der Waals surface area contributed by atoms with Gasteiger partial charge in [-0.3, -0.25) is 0 Å². The van der Waals surface area contributed by atoms with Crippen molar-refractivity contribution in [3.05, 3.63) is 64.4 Å². The van der Waals surface area contributed by atoms with E-state index in [0.29, 0.717) is 0 Å². The SMILES string of the molecule is Cc1cc2c(B3OC(C)(C)C(C)(C)O3)cccc2[nH]1.Cc1cc2c(Br)cccc2[nH]1. The fourth-order valence-electron chi connectivity index (χ4n) is 3.75. The molecule has 0 saturated carbocycles. The number of fused-ring (bicyclic) bond motifs is 2. The van der Waals surface area contributed by atoms with Gasteiger partial charge >= 0.3 is 7.12 Å². The molecular formula is C24H28BBrN2O2. The predicted octanol–water partition coefficient (Wildman–Crippen LogP) is 6.01. The van der Waals surface area contributed by atoms with Crippen LogP contribution in [0, 0.1) is 13.8 Å². The van der Waals surface area contributed by atoms with Crippen LogP contribution in [0.25, 0.3) is 21.8 Å². The summed E-state index contributed by atoms with van der Waals surface area (Å²) in [6.45, 7) is 12.4. The fraction of sp³-hybridized carbons (Fsp3) is 0.333. The Hall–Kier alpha value is -2.02. The summed E-state index contributed by atoms with van der Waals surface area (Å²) in [7, 11) is -0.302. The van der Waals surface area contributed by atoms with Gasteiger partial charge in [0, 0.05) is 32.3 Å². The van der Waals surface area contributed by atoms with Crippen LogP contribution in [-0.2, 0) is 9.31 Å². The third-order valence-corrected chi connectivity index (χ3v) is 6.78. The lowest BCUT2D eigenvalue weighted by Gasteiger charge is -2.32. The average molecular weight is 467 g/mol. The molecule has 0 amide bonds. The van der Waals surface area contributed by atoms with Gasteiger partial charge in [0.1, 0.15) is 0 Å². The summed E-state index contributed by atoms with van der Waals surface area (Å²) < 4.78 is 13.4. The van der Waals surface area contributed by atoms with E-state index in [-0.39, 0.29) is 18.3 Å². The zero-order valence-corrected chi connectivity index (χ0v) is 20.0. The monoisotopic (exact) mass is 466 g/mol. The third-order valence-electron chi connectivity index (χ3n) is 6.09. The highest BCUT2D eigenvalue weighted by Crippen LogP contribution is 2.37. The molecule has 4 nitrogen and oxygen atoms in total. The molecule has 30 heavy (non-hydrogen) atoms. The maximum atomic E-state index is 6.13. The number of H-pyrrole nitrogens is 2. The minimum Gasteiger partial charge on any atom is -0.399 e. The Morgan fingerprint density at radius 3 is 1.83 bits per heavy atom. The second-order valence-electron chi connectivity index (χ2n) is 9.00. The minimum absolute atomic E-state index is 0.300. The van der Waals surface area contributed by atoms with E-state index in [2.05, 4.69) is 104 Å². The van der Waals surface area contributed by atoms with Gasteiger partial charge in [0.15, 0.2) is 0 Å². The molecule has 0 atom stereocenters. The molecule has 0 bridgehead atoms. The van der Waals surface area contributed by atoms with Crippen molar-refractivity contribution in [3.8, 4) is 0 Å². The number of nitrogens with one attached hydrogen (secondary N) is 2. The van der Waals surface area contributed by atoms with Gasteiger partial charge in [-0.1, -0.05) is 34.1 Å². The smallest absolute Gasteiger partial charge is 0.399 e. The molecule has 2 aromatic heterocycles. The lowest BCUT2D eigenvalue weighted by Crippen LogP contribution is -2.41. The highest BCUT2D eigenvalue weighted by molar-refractivity contribution is 9.10. The number of rotatable bonds is 1.